The van der Waals surface area contributed by atoms with Crippen molar-refractivity contribution in [1.82, 2.24) is 5.32 Å². The van der Waals surface area contributed by atoms with Crippen molar-refractivity contribution < 1.29 is 9.47 Å². The second-order valence-electron chi connectivity index (χ2n) is 5.59. The Morgan fingerprint density at radius 1 is 1.32 bits per heavy atom. The van der Waals surface area contributed by atoms with E-state index in [2.05, 4.69) is 31.3 Å². The fourth-order valence-electron chi connectivity index (χ4n) is 3.19. The maximum atomic E-state index is 5.90. The SMILES string of the molecule is CCOc1cc2c(cc1C1CCNCC1)OC(C)C2. The van der Waals surface area contributed by atoms with Crippen molar-refractivity contribution in [3.05, 3.63) is 23.3 Å². The van der Waals surface area contributed by atoms with E-state index in [1.54, 1.807) is 0 Å². The molecular formula is C16H23NO2. The van der Waals surface area contributed by atoms with Crippen LogP contribution in [0.1, 0.15) is 43.7 Å². The number of piperidine rings is 1. The van der Waals surface area contributed by atoms with Crippen molar-refractivity contribution in [2.45, 2.75) is 45.1 Å². The van der Waals surface area contributed by atoms with Gasteiger partial charge in [0.25, 0.3) is 0 Å². The molecule has 3 rings (SSSR count). The Hall–Kier alpha value is -1.22. The quantitative estimate of drug-likeness (QED) is 0.907. The van der Waals surface area contributed by atoms with Crippen LogP contribution in [0.5, 0.6) is 11.5 Å². The molecule has 1 atom stereocenters. The van der Waals surface area contributed by atoms with E-state index in [9.17, 15) is 0 Å². The van der Waals surface area contributed by atoms with Crippen LogP contribution in [0.15, 0.2) is 12.1 Å². The van der Waals surface area contributed by atoms with E-state index in [4.69, 9.17) is 9.47 Å². The van der Waals surface area contributed by atoms with Crippen LogP contribution < -0.4 is 14.8 Å². The van der Waals surface area contributed by atoms with Crippen LogP contribution in [0.3, 0.4) is 0 Å². The van der Waals surface area contributed by atoms with Crippen LogP contribution in [0.25, 0.3) is 0 Å². The first-order chi connectivity index (χ1) is 9.28. The summed E-state index contributed by atoms with van der Waals surface area (Å²) < 4.78 is 11.8. The summed E-state index contributed by atoms with van der Waals surface area (Å²) >= 11 is 0. The molecule has 3 heteroatoms. The van der Waals surface area contributed by atoms with Gasteiger partial charge >= 0.3 is 0 Å². The number of rotatable bonds is 3. The Balaban J connectivity index is 1.94. The molecule has 0 bridgehead atoms. The molecule has 2 aliphatic heterocycles. The van der Waals surface area contributed by atoms with Crippen molar-refractivity contribution in [2.75, 3.05) is 19.7 Å². The third-order valence-electron chi connectivity index (χ3n) is 4.11. The Bertz CT molecular complexity index is 452. The van der Waals surface area contributed by atoms with E-state index in [1.165, 1.54) is 24.0 Å². The van der Waals surface area contributed by atoms with Crippen LogP contribution in [0.2, 0.25) is 0 Å². The molecular weight excluding hydrogens is 238 g/mol. The van der Waals surface area contributed by atoms with Crippen molar-refractivity contribution in [3.63, 3.8) is 0 Å². The third-order valence-corrected chi connectivity index (χ3v) is 4.11. The zero-order valence-corrected chi connectivity index (χ0v) is 11.9. The highest BCUT2D eigenvalue weighted by Gasteiger charge is 2.25. The van der Waals surface area contributed by atoms with Gasteiger partial charge in [0.05, 0.1) is 6.61 Å². The van der Waals surface area contributed by atoms with Gasteiger partial charge in [-0.05, 0) is 57.8 Å². The summed E-state index contributed by atoms with van der Waals surface area (Å²) in [5.41, 5.74) is 2.64. The highest BCUT2D eigenvalue weighted by atomic mass is 16.5. The van der Waals surface area contributed by atoms with Crippen molar-refractivity contribution in [2.24, 2.45) is 0 Å². The van der Waals surface area contributed by atoms with Crippen LogP contribution in [-0.2, 0) is 6.42 Å². The van der Waals surface area contributed by atoms with E-state index >= 15 is 0 Å². The van der Waals surface area contributed by atoms with Crippen molar-refractivity contribution in [3.8, 4) is 11.5 Å². The summed E-state index contributed by atoms with van der Waals surface area (Å²) in [7, 11) is 0. The average molecular weight is 261 g/mol. The Morgan fingerprint density at radius 2 is 2.11 bits per heavy atom. The molecule has 1 aromatic rings. The number of hydrogen-bond donors (Lipinski definition) is 1. The first-order valence-corrected chi connectivity index (χ1v) is 7.45. The zero-order chi connectivity index (χ0) is 13.2. The Kier molecular flexibility index (Phi) is 3.65. The second-order valence-corrected chi connectivity index (χ2v) is 5.59. The molecule has 2 aliphatic rings. The fourth-order valence-corrected chi connectivity index (χ4v) is 3.19. The monoisotopic (exact) mass is 261 g/mol. The van der Waals surface area contributed by atoms with Gasteiger partial charge in [0.2, 0.25) is 0 Å². The van der Waals surface area contributed by atoms with Crippen molar-refractivity contribution >= 4 is 0 Å². The van der Waals surface area contributed by atoms with Crippen LogP contribution >= 0.6 is 0 Å². The number of fused-ring (bicyclic) bond motifs is 1. The molecule has 0 saturated carbocycles. The third kappa shape index (κ3) is 2.57. The minimum absolute atomic E-state index is 0.299. The number of benzene rings is 1. The van der Waals surface area contributed by atoms with E-state index in [0.717, 1.165) is 37.6 Å². The lowest BCUT2D eigenvalue weighted by Crippen LogP contribution is -2.26. The highest BCUT2D eigenvalue weighted by Crippen LogP contribution is 2.40. The highest BCUT2D eigenvalue weighted by molar-refractivity contribution is 5.50. The lowest BCUT2D eigenvalue weighted by Gasteiger charge is -2.25. The minimum Gasteiger partial charge on any atom is -0.494 e. The summed E-state index contributed by atoms with van der Waals surface area (Å²) in [5, 5.41) is 3.42. The molecule has 0 radical (unpaired) electrons. The fraction of sp³-hybridized carbons (Fsp3) is 0.625. The summed E-state index contributed by atoms with van der Waals surface area (Å²) in [4.78, 5) is 0. The molecule has 19 heavy (non-hydrogen) atoms. The topological polar surface area (TPSA) is 30.5 Å². The van der Waals surface area contributed by atoms with E-state index in [0.29, 0.717) is 12.0 Å². The predicted molar refractivity (Wildman–Crippen MR) is 76.2 cm³/mol. The number of ether oxygens (including phenoxy) is 2. The predicted octanol–water partition coefficient (Wildman–Crippen LogP) is 2.88. The van der Waals surface area contributed by atoms with E-state index in [1.807, 2.05) is 0 Å². The molecule has 1 fully saturated rings. The van der Waals surface area contributed by atoms with Crippen LogP contribution in [-0.4, -0.2) is 25.8 Å². The van der Waals surface area contributed by atoms with Crippen LogP contribution in [0.4, 0.5) is 0 Å². The first-order valence-electron chi connectivity index (χ1n) is 7.45. The molecule has 1 N–H and O–H groups in total. The van der Waals surface area contributed by atoms with Gasteiger partial charge in [-0.3, -0.25) is 0 Å². The summed E-state index contributed by atoms with van der Waals surface area (Å²) in [5.74, 6) is 2.75. The van der Waals surface area contributed by atoms with Gasteiger partial charge in [-0.15, -0.1) is 0 Å². The molecule has 0 amide bonds. The van der Waals surface area contributed by atoms with Gasteiger partial charge in [0.1, 0.15) is 17.6 Å². The molecule has 1 unspecified atom stereocenters. The summed E-state index contributed by atoms with van der Waals surface area (Å²) in [6.07, 6.45) is 3.68. The smallest absolute Gasteiger partial charge is 0.123 e. The van der Waals surface area contributed by atoms with Gasteiger partial charge < -0.3 is 14.8 Å². The molecule has 0 aromatic heterocycles. The maximum Gasteiger partial charge on any atom is 0.123 e. The zero-order valence-electron chi connectivity index (χ0n) is 11.9. The van der Waals surface area contributed by atoms with Gasteiger partial charge in [-0.2, -0.15) is 0 Å². The molecule has 1 saturated heterocycles. The number of hydrogen-bond acceptors (Lipinski definition) is 3. The molecule has 104 valence electrons. The van der Waals surface area contributed by atoms with Gasteiger partial charge in [0.15, 0.2) is 0 Å². The normalized spacial score (nSPS) is 22.9. The molecule has 1 aromatic carbocycles. The minimum atomic E-state index is 0.299. The molecule has 2 heterocycles. The summed E-state index contributed by atoms with van der Waals surface area (Å²) in [6, 6.07) is 4.44. The standard InChI is InChI=1S/C16H23NO2/c1-3-18-16-9-13-8-11(2)19-15(13)10-14(16)12-4-6-17-7-5-12/h9-12,17H,3-8H2,1-2H3. The number of nitrogens with one attached hydrogen (secondary N) is 1. The Morgan fingerprint density at radius 3 is 2.84 bits per heavy atom. The van der Waals surface area contributed by atoms with E-state index in [-0.39, 0.29) is 0 Å². The average Bonchev–Trinajstić information content (AvgIpc) is 2.78. The Labute approximate surface area is 115 Å². The second kappa shape index (κ2) is 5.41. The lowest BCUT2D eigenvalue weighted by molar-refractivity contribution is 0.254. The first kappa shape index (κ1) is 12.8. The molecule has 3 nitrogen and oxygen atoms in total. The van der Waals surface area contributed by atoms with Gasteiger partial charge in [-0.1, -0.05) is 0 Å². The lowest BCUT2D eigenvalue weighted by atomic mass is 9.88. The largest absolute Gasteiger partial charge is 0.494 e. The maximum absolute atomic E-state index is 5.90. The van der Waals surface area contributed by atoms with Gasteiger partial charge in [-0.25, -0.2) is 0 Å². The van der Waals surface area contributed by atoms with Crippen LogP contribution in [0, 0.1) is 0 Å². The molecule has 0 aliphatic carbocycles. The molecule has 0 spiro atoms. The van der Waals surface area contributed by atoms with Crippen molar-refractivity contribution in [1.29, 1.82) is 0 Å². The van der Waals surface area contributed by atoms with Gasteiger partial charge in [0, 0.05) is 17.5 Å². The van der Waals surface area contributed by atoms with E-state index < -0.39 is 0 Å². The summed E-state index contributed by atoms with van der Waals surface area (Å²) in [6.45, 7) is 7.12.